The molecule has 96 valence electrons. The second-order valence-electron chi connectivity index (χ2n) is 4.61. The molecule has 0 aliphatic rings. The van der Waals surface area contributed by atoms with E-state index in [1.807, 2.05) is 0 Å². The van der Waals surface area contributed by atoms with Crippen LogP contribution >= 0.6 is 11.6 Å². The normalized spacial score (nSPS) is 11.4. The highest BCUT2D eigenvalue weighted by molar-refractivity contribution is 6.32. The molecule has 0 bridgehead atoms. The third-order valence-electron chi connectivity index (χ3n) is 2.46. The maximum atomic E-state index is 5.99. The molecule has 1 rings (SSSR count). The van der Waals surface area contributed by atoms with Crippen molar-refractivity contribution >= 4 is 17.4 Å². The summed E-state index contributed by atoms with van der Waals surface area (Å²) >= 11 is 5.99. The van der Waals surface area contributed by atoms with Crippen LogP contribution in [0.15, 0.2) is 6.20 Å². The minimum absolute atomic E-state index is 0.0935. The fourth-order valence-corrected chi connectivity index (χ4v) is 1.53. The molecule has 0 aromatic carbocycles. The van der Waals surface area contributed by atoms with Crippen LogP contribution in [0.1, 0.15) is 20.3 Å². The molecule has 1 heterocycles. The Hall–Kier alpha value is -1.07. The molecule has 0 aliphatic carbocycles. The van der Waals surface area contributed by atoms with E-state index in [4.69, 9.17) is 22.1 Å². The lowest BCUT2D eigenvalue weighted by atomic mass is 9.89. The Bertz CT molecular complexity index is 370. The van der Waals surface area contributed by atoms with E-state index >= 15 is 0 Å². The van der Waals surface area contributed by atoms with Crippen LogP contribution in [0.3, 0.4) is 0 Å². The van der Waals surface area contributed by atoms with Gasteiger partial charge in [-0.2, -0.15) is 4.98 Å². The first kappa shape index (κ1) is 14.0. The molecule has 5 nitrogen and oxygen atoms in total. The molecule has 1 aromatic heterocycles. The summed E-state index contributed by atoms with van der Waals surface area (Å²) < 4.78 is 4.95. The Morgan fingerprint density at radius 1 is 1.53 bits per heavy atom. The van der Waals surface area contributed by atoms with E-state index < -0.39 is 0 Å². The Morgan fingerprint density at radius 2 is 2.24 bits per heavy atom. The van der Waals surface area contributed by atoms with Crippen LogP contribution in [-0.4, -0.2) is 30.2 Å². The topological polar surface area (TPSA) is 73.1 Å². The number of methoxy groups -OCH3 is 1. The summed E-state index contributed by atoms with van der Waals surface area (Å²) in [5.41, 5.74) is 5.65. The number of rotatable bonds is 6. The summed E-state index contributed by atoms with van der Waals surface area (Å²) in [6.07, 6.45) is 2.45. The zero-order chi connectivity index (χ0) is 12.9. The second kappa shape index (κ2) is 6.02. The van der Waals surface area contributed by atoms with Gasteiger partial charge in [0.1, 0.15) is 5.02 Å². The molecular formula is C11H19ClN4O. The van der Waals surface area contributed by atoms with Crippen molar-refractivity contribution in [3.8, 4) is 6.01 Å². The van der Waals surface area contributed by atoms with E-state index in [1.54, 1.807) is 0 Å². The van der Waals surface area contributed by atoms with Gasteiger partial charge < -0.3 is 15.8 Å². The van der Waals surface area contributed by atoms with E-state index in [9.17, 15) is 0 Å². The van der Waals surface area contributed by atoms with Crippen LogP contribution in [0, 0.1) is 5.41 Å². The first-order chi connectivity index (χ1) is 7.98. The molecule has 0 saturated carbocycles. The molecule has 3 N–H and O–H groups in total. The third-order valence-corrected chi connectivity index (χ3v) is 2.74. The standard InChI is InChI=1S/C11H19ClN4O/c1-11(2,4-5-13)7-15-9-8(12)6-14-10(16-9)17-3/h6H,4-5,7,13H2,1-3H3,(H,14,15,16). The number of halogens is 1. The van der Waals surface area contributed by atoms with E-state index in [2.05, 4.69) is 29.1 Å². The van der Waals surface area contributed by atoms with Gasteiger partial charge in [0.25, 0.3) is 0 Å². The summed E-state index contributed by atoms with van der Waals surface area (Å²) in [5, 5.41) is 3.67. The predicted octanol–water partition coefficient (Wildman–Crippen LogP) is 1.93. The molecule has 0 atom stereocenters. The number of nitrogens with two attached hydrogens (primary N) is 1. The second-order valence-corrected chi connectivity index (χ2v) is 5.02. The third kappa shape index (κ3) is 4.36. The van der Waals surface area contributed by atoms with E-state index in [1.165, 1.54) is 13.3 Å². The fourth-order valence-electron chi connectivity index (χ4n) is 1.38. The van der Waals surface area contributed by atoms with Gasteiger partial charge in [0.05, 0.1) is 13.3 Å². The van der Waals surface area contributed by atoms with Gasteiger partial charge in [-0.15, -0.1) is 0 Å². The molecule has 1 aromatic rings. The van der Waals surface area contributed by atoms with Gasteiger partial charge >= 0.3 is 6.01 Å². The summed E-state index contributed by atoms with van der Waals surface area (Å²) in [4.78, 5) is 8.06. The number of aromatic nitrogens is 2. The van der Waals surface area contributed by atoms with Crippen LogP contribution in [0.4, 0.5) is 5.82 Å². The Labute approximate surface area is 107 Å². The molecule has 0 saturated heterocycles. The quantitative estimate of drug-likeness (QED) is 0.816. The van der Waals surface area contributed by atoms with Crippen LogP contribution in [-0.2, 0) is 0 Å². The average molecular weight is 259 g/mol. The van der Waals surface area contributed by atoms with E-state index in [0.717, 1.165) is 13.0 Å². The van der Waals surface area contributed by atoms with Crippen LogP contribution < -0.4 is 15.8 Å². The first-order valence-corrected chi connectivity index (χ1v) is 5.87. The van der Waals surface area contributed by atoms with Gasteiger partial charge in [-0.05, 0) is 18.4 Å². The lowest BCUT2D eigenvalue weighted by Gasteiger charge is -2.24. The summed E-state index contributed by atoms with van der Waals surface area (Å²) in [7, 11) is 1.52. The Morgan fingerprint density at radius 3 is 2.82 bits per heavy atom. The molecular weight excluding hydrogens is 240 g/mol. The number of nitrogens with one attached hydrogen (secondary N) is 1. The fraction of sp³-hybridized carbons (Fsp3) is 0.636. The molecule has 17 heavy (non-hydrogen) atoms. The molecule has 6 heteroatoms. The number of anilines is 1. The largest absolute Gasteiger partial charge is 0.467 e. The van der Waals surface area contributed by atoms with E-state index in [-0.39, 0.29) is 5.41 Å². The highest BCUT2D eigenvalue weighted by Gasteiger charge is 2.17. The minimum atomic E-state index is 0.0935. The number of hydrogen-bond acceptors (Lipinski definition) is 5. The number of hydrogen-bond donors (Lipinski definition) is 2. The summed E-state index contributed by atoms with van der Waals surface area (Å²) in [6.45, 7) is 5.68. The summed E-state index contributed by atoms with van der Waals surface area (Å²) in [5.74, 6) is 0.587. The molecule has 0 fully saturated rings. The van der Waals surface area contributed by atoms with Crippen molar-refractivity contribution in [2.75, 3.05) is 25.5 Å². The lowest BCUT2D eigenvalue weighted by Crippen LogP contribution is -2.26. The molecule has 0 aliphatic heterocycles. The van der Waals surface area contributed by atoms with Gasteiger partial charge in [-0.25, -0.2) is 4.98 Å². The van der Waals surface area contributed by atoms with Gasteiger partial charge in [-0.3, -0.25) is 0 Å². The van der Waals surface area contributed by atoms with Crippen molar-refractivity contribution in [3.63, 3.8) is 0 Å². The predicted molar refractivity (Wildman–Crippen MR) is 69.5 cm³/mol. The average Bonchev–Trinajstić information content (AvgIpc) is 2.28. The maximum Gasteiger partial charge on any atom is 0.318 e. The highest BCUT2D eigenvalue weighted by atomic mass is 35.5. The number of nitrogens with zero attached hydrogens (tertiary/aromatic N) is 2. The monoisotopic (exact) mass is 258 g/mol. The van der Waals surface area contributed by atoms with Gasteiger partial charge in [0.15, 0.2) is 5.82 Å². The lowest BCUT2D eigenvalue weighted by molar-refractivity contribution is 0.363. The molecule has 0 amide bonds. The van der Waals surface area contributed by atoms with E-state index in [0.29, 0.717) is 23.4 Å². The molecule has 0 unspecified atom stereocenters. The number of ether oxygens (including phenoxy) is 1. The SMILES string of the molecule is COc1ncc(Cl)c(NCC(C)(C)CCN)n1. The van der Waals surface area contributed by atoms with Crippen molar-refractivity contribution in [2.45, 2.75) is 20.3 Å². The zero-order valence-electron chi connectivity index (χ0n) is 10.5. The molecule has 0 radical (unpaired) electrons. The van der Waals surface area contributed by atoms with Crippen LogP contribution in [0.25, 0.3) is 0 Å². The minimum Gasteiger partial charge on any atom is -0.467 e. The first-order valence-electron chi connectivity index (χ1n) is 5.49. The Balaban J connectivity index is 2.68. The summed E-state index contributed by atoms with van der Waals surface area (Å²) in [6, 6.07) is 0.300. The maximum absolute atomic E-state index is 5.99. The van der Waals surface area contributed by atoms with Crippen LogP contribution in [0.5, 0.6) is 6.01 Å². The van der Waals surface area contributed by atoms with Crippen molar-refractivity contribution in [1.82, 2.24) is 9.97 Å². The molecule has 0 spiro atoms. The van der Waals surface area contributed by atoms with Crippen molar-refractivity contribution in [3.05, 3.63) is 11.2 Å². The zero-order valence-corrected chi connectivity index (χ0v) is 11.2. The Kier molecular flexibility index (Phi) is 4.96. The smallest absolute Gasteiger partial charge is 0.318 e. The van der Waals surface area contributed by atoms with Crippen molar-refractivity contribution < 1.29 is 4.74 Å². The van der Waals surface area contributed by atoms with Gasteiger partial charge in [0, 0.05) is 6.54 Å². The highest BCUT2D eigenvalue weighted by Crippen LogP contribution is 2.24. The van der Waals surface area contributed by atoms with Crippen molar-refractivity contribution in [1.29, 1.82) is 0 Å². The van der Waals surface area contributed by atoms with Gasteiger partial charge in [0.2, 0.25) is 0 Å². The van der Waals surface area contributed by atoms with Gasteiger partial charge in [-0.1, -0.05) is 25.4 Å². The van der Waals surface area contributed by atoms with Crippen LogP contribution in [0.2, 0.25) is 5.02 Å². The van der Waals surface area contributed by atoms with Crippen molar-refractivity contribution in [2.24, 2.45) is 11.1 Å².